The highest BCUT2D eigenvalue weighted by Crippen LogP contribution is 1.88. The highest BCUT2D eigenvalue weighted by Gasteiger charge is 1.94. The van der Waals surface area contributed by atoms with Crippen molar-refractivity contribution in [1.29, 1.82) is 0 Å². The summed E-state index contributed by atoms with van der Waals surface area (Å²) in [6.07, 6.45) is 3.36. The van der Waals surface area contributed by atoms with Crippen LogP contribution in [-0.2, 0) is 0 Å². The molecule has 0 spiro atoms. The normalized spacial score (nSPS) is 11.5. The molecule has 0 aliphatic carbocycles. The molecule has 1 aromatic heterocycles. The van der Waals surface area contributed by atoms with Crippen molar-refractivity contribution in [3.8, 4) is 0 Å². The number of hydrogen-bond donors (Lipinski definition) is 1. The second kappa shape index (κ2) is 3.01. The molecule has 4 nitrogen and oxygen atoms in total. The molecular weight excluding hydrogens is 142 g/mol. The Balaban J connectivity index is 2.97. The SMILES string of the molecule is Cc1ccc[n+](/N=C(/N)[O-])c1. The molecule has 0 unspecified atom stereocenters. The molecule has 0 amide bonds. The lowest BCUT2D eigenvalue weighted by atomic mass is 10.3. The first-order valence-electron chi connectivity index (χ1n) is 3.18. The van der Waals surface area contributed by atoms with Gasteiger partial charge in [0.2, 0.25) is 12.4 Å². The topological polar surface area (TPSA) is 65.3 Å². The Bertz CT molecular complexity index is 279. The van der Waals surface area contributed by atoms with E-state index in [0.717, 1.165) is 5.56 Å². The Hall–Kier alpha value is -1.58. The maximum Gasteiger partial charge on any atom is 0.205 e. The van der Waals surface area contributed by atoms with Crippen molar-refractivity contribution in [1.82, 2.24) is 0 Å². The standard InChI is InChI=1S/C7H9N3O/c1-6-3-2-4-10(5-6)9-7(8)11/h2-5H,1H3,(H2-,8,9,11). The zero-order valence-corrected chi connectivity index (χ0v) is 6.19. The van der Waals surface area contributed by atoms with Crippen LogP contribution in [0.3, 0.4) is 0 Å². The minimum absolute atomic E-state index is 0.694. The molecule has 0 atom stereocenters. The van der Waals surface area contributed by atoms with E-state index in [1.165, 1.54) is 4.68 Å². The van der Waals surface area contributed by atoms with Crippen LogP contribution in [0.15, 0.2) is 29.6 Å². The van der Waals surface area contributed by atoms with Gasteiger partial charge in [0, 0.05) is 16.7 Å². The summed E-state index contributed by atoms with van der Waals surface area (Å²) in [5.41, 5.74) is 5.87. The van der Waals surface area contributed by atoms with Gasteiger partial charge in [0.05, 0.1) is 0 Å². The summed E-state index contributed by atoms with van der Waals surface area (Å²) in [6, 6.07) is 3.01. The Kier molecular flexibility index (Phi) is 2.06. The van der Waals surface area contributed by atoms with Gasteiger partial charge in [0.1, 0.15) is 6.02 Å². The second-order valence-corrected chi connectivity index (χ2v) is 2.20. The number of aromatic nitrogens is 1. The number of aryl methyl sites for hydroxylation is 1. The largest absolute Gasteiger partial charge is 0.842 e. The van der Waals surface area contributed by atoms with Gasteiger partial charge < -0.3 is 10.8 Å². The fourth-order valence-electron chi connectivity index (χ4n) is 0.754. The maximum absolute atomic E-state index is 10.3. The van der Waals surface area contributed by atoms with Gasteiger partial charge in [0.15, 0.2) is 0 Å². The Morgan fingerprint density at radius 1 is 1.73 bits per heavy atom. The average molecular weight is 151 g/mol. The minimum atomic E-state index is -0.694. The molecule has 0 saturated heterocycles. The van der Waals surface area contributed by atoms with Gasteiger partial charge in [-0.1, -0.05) is 4.68 Å². The molecular formula is C7H9N3O. The molecule has 0 aliphatic heterocycles. The Morgan fingerprint density at radius 3 is 3.00 bits per heavy atom. The third-order valence-corrected chi connectivity index (χ3v) is 1.15. The summed E-state index contributed by atoms with van der Waals surface area (Å²) in [7, 11) is 0. The van der Waals surface area contributed by atoms with Crippen LogP contribution in [0.1, 0.15) is 5.56 Å². The zero-order valence-electron chi connectivity index (χ0n) is 6.19. The number of pyridine rings is 1. The van der Waals surface area contributed by atoms with Crippen LogP contribution in [0.5, 0.6) is 0 Å². The number of amidine groups is 1. The first kappa shape index (κ1) is 7.53. The van der Waals surface area contributed by atoms with Crippen molar-refractivity contribution in [2.75, 3.05) is 0 Å². The number of rotatable bonds is 1. The van der Waals surface area contributed by atoms with Crippen LogP contribution in [0.4, 0.5) is 0 Å². The van der Waals surface area contributed by atoms with Crippen molar-refractivity contribution in [3.05, 3.63) is 30.1 Å². The van der Waals surface area contributed by atoms with Crippen LogP contribution < -0.4 is 15.5 Å². The highest BCUT2D eigenvalue weighted by atomic mass is 16.3. The van der Waals surface area contributed by atoms with Crippen LogP contribution in [-0.4, -0.2) is 6.02 Å². The van der Waals surface area contributed by atoms with Crippen LogP contribution in [0, 0.1) is 6.92 Å². The molecule has 1 rings (SSSR count). The summed E-state index contributed by atoms with van der Waals surface area (Å²) in [6.45, 7) is 1.91. The summed E-state index contributed by atoms with van der Waals surface area (Å²) < 4.78 is 1.39. The van der Waals surface area contributed by atoms with E-state index in [-0.39, 0.29) is 0 Å². The van der Waals surface area contributed by atoms with Crippen molar-refractivity contribution >= 4 is 6.02 Å². The number of nitrogens with zero attached hydrogens (tertiary/aromatic N) is 2. The third-order valence-electron chi connectivity index (χ3n) is 1.15. The van der Waals surface area contributed by atoms with E-state index in [1.54, 1.807) is 18.5 Å². The van der Waals surface area contributed by atoms with Gasteiger partial charge >= 0.3 is 0 Å². The van der Waals surface area contributed by atoms with E-state index in [9.17, 15) is 5.11 Å². The molecule has 2 N–H and O–H groups in total. The Labute approximate surface area is 64.6 Å². The molecule has 11 heavy (non-hydrogen) atoms. The molecule has 0 aromatic carbocycles. The zero-order chi connectivity index (χ0) is 8.27. The summed E-state index contributed by atoms with van der Waals surface area (Å²) in [4.78, 5) is 0. The second-order valence-electron chi connectivity index (χ2n) is 2.20. The minimum Gasteiger partial charge on any atom is -0.842 e. The fraction of sp³-hybridized carbons (Fsp3) is 0.143. The lowest BCUT2D eigenvalue weighted by Gasteiger charge is -1.95. The van der Waals surface area contributed by atoms with Crippen molar-refractivity contribution in [2.45, 2.75) is 6.92 Å². The maximum atomic E-state index is 10.3. The van der Waals surface area contributed by atoms with Crippen molar-refractivity contribution in [3.63, 3.8) is 0 Å². The predicted octanol–water partition coefficient (Wildman–Crippen LogP) is -1.28. The summed E-state index contributed by atoms with van der Waals surface area (Å²) >= 11 is 0. The van der Waals surface area contributed by atoms with Gasteiger partial charge in [-0.15, -0.1) is 0 Å². The first-order chi connectivity index (χ1) is 5.18. The first-order valence-corrected chi connectivity index (χ1v) is 3.18. The molecule has 0 bridgehead atoms. The van der Waals surface area contributed by atoms with E-state index in [0.29, 0.717) is 0 Å². The van der Waals surface area contributed by atoms with Crippen LogP contribution in [0.25, 0.3) is 0 Å². The lowest BCUT2D eigenvalue weighted by Crippen LogP contribution is -2.37. The van der Waals surface area contributed by atoms with Gasteiger partial charge in [-0.05, 0) is 13.0 Å². The molecule has 0 saturated carbocycles. The fourth-order valence-corrected chi connectivity index (χ4v) is 0.754. The monoisotopic (exact) mass is 151 g/mol. The molecule has 0 aliphatic rings. The van der Waals surface area contributed by atoms with Crippen LogP contribution in [0.2, 0.25) is 0 Å². The van der Waals surface area contributed by atoms with E-state index < -0.39 is 6.02 Å². The van der Waals surface area contributed by atoms with Crippen molar-refractivity contribution < 1.29 is 9.78 Å². The number of hydrogen-bond acceptors (Lipinski definition) is 2. The van der Waals surface area contributed by atoms with Crippen molar-refractivity contribution in [2.24, 2.45) is 10.8 Å². The molecule has 4 heteroatoms. The molecule has 0 radical (unpaired) electrons. The van der Waals surface area contributed by atoms with Gasteiger partial charge in [-0.3, -0.25) is 0 Å². The predicted molar refractivity (Wildman–Crippen MR) is 38.4 cm³/mol. The van der Waals surface area contributed by atoms with E-state index in [4.69, 9.17) is 5.73 Å². The van der Waals surface area contributed by atoms with Gasteiger partial charge in [-0.25, -0.2) is 0 Å². The summed E-state index contributed by atoms with van der Waals surface area (Å²) in [5, 5.41) is 13.8. The summed E-state index contributed by atoms with van der Waals surface area (Å²) in [5.74, 6) is 0. The van der Waals surface area contributed by atoms with Gasteiger partial charge in [-0.2, -0.15) is 0 Å². The van der Waals surface area contributed by atoms with E-state index >= 15 is 0 Å². The Morgan fingerprint density at radius 2 is 2.45 bits per heavy atom. The third kappa shape index (κ3) is 2.25. The molecule has 0 fully saturated rings. The molecule has 58 valence electrons. The molecule has 1 heterocycles. The average Bonchev–Trinajstić information content (AvgIpc) is 1.85. The quantitative estimate of drug-likeness (QED) is 0.308. The van der Waals surface area contributed by atoms with Crippen LogP contribution >= 0.6 is 0 Å². The van der Waals surface area contributed by atoms with Gasteiger partial charge in [0.25, 0.3) is 0 Å². The lowest BCUT2D eigenvalue weighted by molar-refractivity contribution is -0.682. The van der Waals surface area contributed by atoms with E-state index in [2.05, 4.69) is 5.10 Å². The van der Waals surface area contributed by atoms with E-state index in [1.807, 2.05) is 13.0 Å². The number of nitrogens with two attached hydrogens (primary N) is 1. The molecule has 1 aromatic rings. The smallest absolute Gasteiger partial charge is 0.205 e. The highest BCUT2D eigenvalue weighted by molar-refractivity contribution is 5.65.